The highest BCUT2D eigenvalue weighted by Crippen LogP contribution is 2.20. The van der Waals surface area contributed by atoms with E-state index < -0.39 is 0 Å². The van der Waals surface area contributed by atoms with Gasteiger partial charge in [0.25, 0.3) is 0 Å². The molecular weight excluding hydrogens is 272 g/mol. The van der Waals surface area contributed by atoms with Crippen LogP contribution in [0.25, 0.3) is 16.8 Å². The molecular formula is C19H22N2O. The van der Waals surface area contributed by atoms with Crippen molar-refractivity contribution in [3.8, 4) is 16.8 Å². The number of benzene rings is 2. The molecule has 0 radical (unpaired) electrons. The summed E-state index contributed by atoms with van der Waals surface area (Å²) in [7, 11) is 0. The van der Waals surface area contributed by atoms with E-state index in [1.165, 1.54) is 11.1 Å². The molecule has 0 saturated heterocycles. The third kappa shape index (κ3) is 4.57. The first-order chi connectivity index (χ1) is 10.8. The zero-order valence-electron chi connectivity index (χ0n) is 13.1. The van der Waals surface area contributed by atoms with Gasteiger partial charge in [0.15, 0.2) is 0 Å². The molecule has 0 atom stereocenters. The highest BCUT2D eigenvalue weighted by atomic mass is 16.5. The monoisotopic (exact) mass is 294 g/mol. The van der Waals surface area contributed by atoms with E-state index in [9.17, 15) is 0 Å². The van der Waals surface area contributed by atoms with Crippen LogP contribution in [0.3, 0.4) is 0 Å². The quantitative estimate of drug-likeness (QED) is 0.704. The van der Waals surface area contributed by atoms with Gasteiger partial charge in [-0.05, 0) is 37.1 Å². The van der Waals surface area contributed by atoms with Crippen molar-refractivity contribution < 1.29 is 4.74 Å². The summed E-state index contributed by atoms with van der Waals surface area (Å²) in [4.78, 5) is 4.04. The average molecular weight is 294 g/mol. The summed E-state index contributed by atoms with van der Waals surface area (Å²) in [5, 5.41) is 0. The zero-order valence-corrected chi connectivity index (χ0v) is 13.1. The Morgan fingerprint density at radius 1 is 0.864 bits per heavy atom. The van der Waals surface area contributed by atoms with Gasteiger partial charge in [0, 0.05) is 31.3 Å². The first kappa shape index (κ1) is 16.0. The Labute approximate surface area is 132 Å². The number of hydrogen-bond donors (Lipinski definition) is 0. The van der Waals surface area contributed by atoms with E-state index >= 15 is 0 Å². The molecule has 0 amide bonds. The highest BCUT2D eigenvalue weighted by molar-refractivity contribution is 5.64. The molecule has 0 bridgehead atoms. The molecule has 3 aromatic rings. The summed E-state index contributed by atoms with van der Waals surface area (Å²) in [5.74, 6) is 0. The molecule has 3 rings (SSSR count). The fourth-order valence-electron chi connectivity index (χ4n) is 2.07. The van der Waals surface area contributed by atoms with Crippen LogP contribution in [0.5, 0.6) is 0 Å². The van der Waals surface area contributed by atoms with Crippen molar-refractivity contribution >= 4 is 0 Å². The molecule has 0 saturated carbocycles. The molecule has 22 heavy (non-hydrogen) atoms. The smallest absolute Gasteiger partial charge is 0.0991 e. The molecule has 0 unspecified atom stereocenters. The van der Waals surface area contributed by atoms with Gasteiger partial charge < -0.3 is 9.30 Å². The van der Waals surface area contributed by atoms with Crippen LogP contribution in [-0.2, 0) is 4.74 Å². The average Bonchev–Trinajstić information content (AvgIpc) is 3.12. The van der Waals surface area contributed by atoms with E-state index in [1.54, 1.807) is 12.5 Å². The standard InChI is InChI=1S/C15H12N2.C4H10O/c1-2-4-13(5-3-1)14-6-8-15(9-7-14)17-11-10-16-12-17;1-3-5-4-2/h1-12H;3-4H2,1-2H3. The minimum absolute atomic E-state index is 0.844. The Balaban J connectivity index is 0.000000309. The van der Waals surface area contributed by atoms with Crippen LogP contribution in [0, 0.1) is 0 Å². The van der Waals surface area contributed by atoms with Crippen LogP contribution in [-0.4, -0.2) is 22.8 Å². The zero-order chi connectivity index (χ0) is 15.6. The molecule has 0 spiro atoms. The lowest BCUT2D eigenvalue weighted by atomic mass is 10.1. The number of imidazole rings is 1. The Morgan fingerprint density at radius 2 is 1.50 bits per heavy atom. The Morgan fingerprint density at radius 3 is 2.00 bits per heavy atom. The second kappa shape index (κ2) is 8.80. The maximum Gasteiger partial charge on any atom is 0.0991 e. The maximum atomic E-state index is 4.83. The van der Waals surface area contributed by atoms with Crippen molar-refractivity contribution in [1.29, 1.82) is 0 Å². The fraction of sp³-hybridized carbons (Fsp3) is 0.211. The second-order valence-electron chi connectivity index (χ2n) is 4.66. The summed E-state index contributed by atoms with van der Waals surface area (Å²) in [6.45, 7) is 5.67. The van der Waals surface area contributed by atoms with E-state index in [1.807, 2.05) is 30.7 Å². The number of rotatable bonds is 4. The predicted molar refractivity (Wildman–Crippen MR) is 91.2 cm³/mol. The van der Waals surface area contributed by atoms with Crippen molar-refractivity contribution in [2.75, 3.05) is 13.2 Å². The lowest BCUT2D eigenvalue weighted by molar-refractivity contribution is 0.162. The van der Waals surface area contributed by atoms with E-state index in [2.05, 4.69) is 53.5 Å². The van der Waals surface area contributed by atoms with Gasteiger partial charge in [0.05, 0.1) is 6.33 Å². The summed E-state index contributed by atoms with van der Waals surface area (Å²) >= 11 is 0. The molecule has 0 fully saturated rings. The van der Waals surface area contributed by atoms with E-state index in [0.717, 1.165) is 18.9 Å². The number of ether oxygens (including phenoxy) is 1. The highest BCUT2D eigenvalue weighted by Gasteiger charge is 1.98. The van der Waals surface area contributed by atoms with Crippen LogP contribution >= 0.6 is 0 Å². The van der Waals surface area contributed by atoms with Crippen LogP contribution in [0.2, 0.25) is 0 Å². The lowest BCUT2D eigenvalue weighted by Gasteiger charge is -2.04. The number of aromatic nitrogens is 2. The molecule has 1 heterocycles. The van der Waals surface area contributed by atoms with Crippen molar-refractivity contribution in [2.45, 2.75) is 13.8 Å². The molecule has 0 N–H and O–H groups in total. The molecule has 1 aromatic heterocycles. The van der Waals surface area contributed by atoms with Crippen molar-refractivity contribution in [1.82, 2.24) is 9.55 Å². The summed E-state index contributed by atoms with van der Waals surface area (Å²) in [6, 6.07) is 18.8. The number of hydrogen-bond acceptors (Lipinski definition) is 2. The fourth-order valence-corrected chi connectivity index (χ4v) is 2.07. The largest absolute Gasteiger partial charge is 0.382 e. The van der Waals surface area contributed by atoms with Gasteiger partial charge in [-0.15, -0.1) is 0 Å². The van der Waals surface area contributed by atoms with Crippen molar-refractivity contribution in [3.63, 3.8) is 0 Å². The van der Waals surface area contributed by atoms with Gasteiger partial charge in [-0.25, -0.2) is 4.98 Å². The molecule has 3 nitrogen and oxygen atoms in total. The third-order valence-corrected chi connectivity index (χ3v) is 3.19. The van der Waals surface area contributed by atoms with Gasteiger partial charge in [-0.3, -0.25) is 0 Å². The topological polar surface area (TPSA) is 27.1 Å². The van der Waals surface area contributed by atoms with E-state index in [-0.39, 0.29) is 0 Å². The Kier molecular flexibility index (Phi) is 6.39. The van der Waals surface area contributed by atoms with Gasteiger partial charge in [0.2, 0.25) is 0 Å². The molecule has 3 heteroatoms. The van der Waals surface area contributed by atoms with Crippen LogP contribution in [0.1, 0.15) is 13.8 Å². The van der Waals surface area contributed by atoms with Gasteiger partial charge in [0.1, 0.15) is 0 Å². The maximum absolute atomic E-state index is 4.83. The molecule has 2 aromatic carbocycles. The molecule has 114 valence electrons. The summed E-state index contributed by atoms with van der Waals surface area (Å²) in [5.41, 5.74) is 3.60. The minimum atomic E-state index is 0.844. The van der Waals surface area contributed by atoms with Crippen molar-refractivity contribution in [2.24, 2.45) is 0 Å². The summed E-state index contributed by atoms with van der Waals surface area (Å²) in [6.07, 6.45) is 5.53. The molecule has 0 aliphatic carbocycles. The van der Waals surface area contributed by atoms with E-state index in [4.69, 9.17) is 4.74 Å². The Bertz CT molecular complexity index is 629. The summed E-state index contributed by atoms with van der Waals surface area (Å²) < 4.78 is 6.83. The first-order valence-corrected chi connectivity index (χ1v) is 7.56. The van der Waals surface area contributed by atoms with Crippen LogP contribution < -0.4 is 0 Å². The third-order valence-electron chi connectivity index (χ3n) is 3.19. The van der Waals surface area contributed by atoms with Crippen molar-refractivity contribution in [3.05, 3.63) is 73.3 Å². The second-order valence-corrected chi connectivity index (χ2v) is 4.66. The Hall–Kier alpha value is -2.39. The molecule has 0 aliphatic heterocycles. The van der Waals surface area contributed by atoms with Crippen LogP contribution in [0.15, 0.2) is 73.3 Å². The number of nitrogens with zero attached hydrogens (tertiary/aromatic N) is 2. The van der Waals surface area contributed by atoms with Gasteiger partial charge >= 0.3 is 0 Å². The van der Waals surface area contributed by atoms with Crippen LogP contribution in [0.4, 0.5) is 0 Å². The van der Waals surface area contributed by atoms with Gasteiger partial charge in [-0.1, -0.05) is 42.5 Å². The minimum Gasteiger partial charge on any atom is -0.382 e. The first-order valence-electron chi connectivity index (χ1n) is 7.56. The predicted octanol–water partition coefficient (Wildman–Crippen LogP) is 4.58. The lowest BCUT2D eigenvalue weighted by Crippen LogP contribution is -1.89. The molecule has 0 aliphatic rings. The van der Waals surface area contributed by atoms with Gasteiger partial charge in [-0.2, -0.15) is 0 Å². The SMILES string of the molecule is CCOCC.c1ccc(-c2ccc(-n3ccnc3)cc2)cc1. The van der Waals surface area contributed by atoms with E-state index in [0.29, 0.717) is 0 Å². The normalized spacial score (nSPS) is 9.91.